The number of hydrogen-bond acceptors (Lipinski definition) is 6. The number of methoxy groups -OCH3 is 1. The molecule has 2 saturated heterocycles. The molecule has 0 aromatic heterocycles. The summed E-state index contributed by atoms with van der Waals surface area (Å²) in [7, 11) is 1.42. The van der Waals surface area contributed by atoms with Gasteiger partial charge in [0.1, 0.15) is 0 Å². The van der Waals surface area contributed by atoms with E-state index in [1.807, 2.05) is 0 Å². The topological polar surface area (TPSA) is 51.2 Å². The molecule has 2 heterocycles. The number of ether oxygens (including phenoxy) is 3. The maximum Gasteiger partial charge on any atom is 0.308 e. The van der Waals surface area contributed by atoms with E-state index in [1.165, 1.54) is 7.11 Å². The summed E-state index contributed by atoms with van der Waals surface area (Å²) in [6.07, 6.45) is 0.329. The SMILES string of the molecule is COC(=O)CC1CN(CCN2CCOCC2)CCO1. The highest BCUT2D eigenvalue weighted by atomic mass is 16.5. The summed E-state index contributed by atoms with van der Waals surface area (Å²) in [6.45, 7) is 8.29. The highest BCUT2D eigenvalue weighted by molar-refractivity contribution is 5.69. The van der Waals surface area contributed by atoms with Gasteiger partial charge in [0.25, 0.3) is 0 Å². The Kier molecular flexibility index (Phi) is 6.03. The zero-order valence-corrected chi connectivity index (χ0v) is 11.7. The van der Waals surface area contributed by atoms with Gasteiger partial charge < -0.3 is 14.2 Å². The standard InChI is InChI=1S/C13H24N2O4/c1-17-13(16)10-12-11-15(6-9-19-12)3-2-14-4-7-18-8-5-14/h12H,2-11H2,1H3. The predicted octanol–water partition coefficient (Wildman–Crippen LogP) is -0.417. The molecular weight excluding hydrogens is 248 g/mol. The largest absolute Gasteiger partial charge is 0.469 e. The quantitative estimate of drug-likeness (QED) is 0.634. The first-order valence-corrected chi connectivity index (χ1v) is 6.99. The lowest BCUT2D eigenvalue weighted by Crippen LogP contribution is -2.47. The molecule has 2 fully saturated rings. The lowest BCUT2D eigenvalue weighted by atomic mass is 10.2. The minimum absolute atomic E-state index is 0.0223. The van der Waals surface area contributed by atoms with Crippen molar-refractivity contribution in [3.63, 3.8) is 0 Å². The van der Waals surface area contributed by atoms with Crippen LogP contribution >= 0.6 is 0 Å². The Morgan fingerprint density at radius 1 is 1.16 bits per heavy atom. The molecule has 0 radical (unpaired) electrons. The Labute approximate surface area is 114 Å². The number of carbonyl (C=O) groups is 1. The van der Waals surface area contributed by atoms with Crippen LogP contribution in [0.1, 0.15) is 6.42 Å². The van der Waals surface area contributed by atoms with Crippen LogP contribution in [0.5, 0.6) is 0 Å². The van der Waals surface area contributed by atoms with Gasteiger partial charge in [-0.25, -0.2) is 0 Å². The van der Waals surface area contributed by atoms with Crippen LogP contribution in [0.2, 0.25) is 0 Å². The smallest absolute Gasteiger partial charge is 0.308 e. The van der Waals surface area contributed by atoms with Crippen molar-refractivity contribution in [3.8, 4) is 0 Å². The van der Waals surface area contributed by atoms with Crippen molar-refractivity contribution in [2.45, 2.75) is 12.5 Å². The molecule has 0 aromatic carbocycles. The molecule has 0 aliphatic carbocycles. The maximum atomic E-state index is 11.2. The Bertz CT molecular complexity index is 282. The fourth-order valence-electron chi connectivity index (χ4n) is 2.48. The van der Waals surface area contributed by atoms with Crippen LogP contribution in [-0.2, 0) is 19.0 Å². The Hall–Kier alpha value is -0.690. The summed E-state index contributed by atoms with van der Waals surface area (Å²) >= 11 is 0. The molecule has 2 rings (SSSR count). The summed E-state index contributed by atoms with van der Waals surface area (Å²) in [4.78, 5) is 16.0. The molecule has 0 spiro atoms. The van der Waals surface area contributed by atoms with Gasteiger partial charge in [-0.15, -0.1) is 0 Å². The second kappa shape index (κ2) is 7.79. The molecule has 2 aliphatic heterocycles. The summed E-state index contributed by atoms with van der Waals surface area (Å²) < 4.78 is 15.6. The normalized spacial score (nSPS) is 26.3. The Balaban J connectivity index is 1.67. The first-order chi connectivity index (χ1) is 9.28. The second-order valence-electron chi connectivity index (χ2n) is 5.03. The Morgan fingerprint density at radius 3 is 2.58 bits per heavy atom. The molecule has 1 unspecified atom stereocenters. The van der Waals surface area contributed by atoms with E-state index in [0.29, 0.717) is 13.0 Å². The van der Waals surface area contributed by atoms with Crippen molar-refractivity contribution in [2.24, 2.45) is 0 Å². The van der Waals surface area contributed by atoms with Crippen molar-refractivity contribution in [1.82, 2.24) is 9.80 Å². The molecule has 1 atom stereocenters. The second-order valence-corrected chi connectivity index (χ2v) is 5.03. The van der Waals surface area contributed by atoms with Crippen LogP contribution in [0.4, 0.5) is 0 Å². The van der Waals surface area contributed by atoms with E-state index in [4.69, 9.17) is 9.47 Å². The highest BCUT2D eigenvalue weighted by Crippen LogP contribution is 2.09. The molecule has 110 valence electrons. The van der Waals surface area contributed by atoms with Gasteiger partial charge in [-0.1, -0.05) is 0 Å². The first kappa shape index (κ1) is 14.7. The van der Waals surface area contributed by atoms with Gasteiger partial charge in [-0.05, 0) is 0 Å². The third kappa shape index (κ3) is 5.06. The van der Waals surface area contributed by atoms with Crippen molar-refractivity contribution < 1.29 is 19.0 Å². The molecule has 6 nitrogen and oxygen atoms in total. The van der Waals surface area contributed by atoms with Crippen molar-refractivity contribution >= 4 is 5.97 Å². The zero-order chi connectivity index (χ0) is 13.5. The molecular formula is C13H24N2O4. The summed E-state index contributed by atoms with van der Waals surface area (Å²) in [5.74, 6) is -0.194. The van der Waals surface area contributed by atoms with Crippen LogP contribution in [0.25, 0.3) is 0 Å². The Morgan fingerprint density at radius 2 is 1.84 bits per heavy atom. The predicted molar refractivity (Wildman–Crippen MR) is 70.1 cm³/mol. The van der Waals surface area contributed by atoms with Gasteiger partial charge in [0.15, 0.2) is 0 Å². The van der Waals surface area contributed by atoms with Crippen LogP contribution in [0, 0.1) is 0 Å². The van der Waals surface area contributed by atoms with Gasteiger partial charge in [0, 0.05) is 39.3 Å². The number of morpholine rings is 2. The summed E-state index contributed by atoms with van der Waals surface area (Å²) in [6, 6.07) is 0. The molecule has 19 heavy (non-hydrogen) atoms. The van der Waals surface area contributed by atoms with Gasteiger partial charge in [0.2, 0.25) is 0 Å². The van der Waals surface area contributed by atoms with E-state index in [9.17, 15) is 4.79 Å². The maximum absolute atomic E-state index is 11.2. The fraction of sp³-hybridized carbons (Fsp3) is 0.923. The lowest BCUT2D eigenvalue weighted by Gasteiger charge is -2.34. The number of hydrogen-bond donors (Lipinski definition) is 0. The highest BCUT2D eigenvalue weighted by Gasteiger charge is 2.23. The third-order valence-corrected chi connectivity index (χ3v) is 3.68. The van der Waals surface area contributed by atoms with E-state index in [1.54, 1.807) is 0 Å². The molecule has 0 aromatic rings. The van der Waals surface area contributed by atoms with Crippen molar-refractivity contribution in [2.75, 3.05) is 66.2 Å². The molecule has 2 aliphatic rings. The van der Waals surface area contributed by atoms with Crippen LogP contribution in [0.15, 0.2) is 0 Å². The fourth-order valence-corrected chi connectivity index (χ4v) is 2.48. The van der Waals surface area contributed by atoms with E-state index < -0.39 is 0 Å². The van der Waals surface area contributed by atoms with E-state index >= 15 is 0 Å². The van der Waals surface area contributed by atoms with Gasteiger partial charge in [0.05, 0.1) is 39.5 Å². The minimum atomic E-state index is -0.194. The number of rotatable bonds is 5. The number of nitrogens with zero attached hydrogens (tertiary/aromatic N) is 2. The minimum Gasteiger partial charge on any atom is -0.469 e. The third-order valence-electron chi connectivity index (χ3n) is 3.68. The van der Waals surface area contributed by atoms with Crippen molar-refractivity contribution in [1.29, 1.82) is 0 Å². The van der Waals surface area contributed by atoms with Crippen LogP contribution in [-0.4, -0.2) is 88.1 Å². The van der Waals surface area contributed by atoms with Gasteiger partial charge in [-0.2, -0.15) is 0 Å². The molecule has 0 amide bonds. The van der Waals surface area contributed by atoms with Crippen LogP contribution in [0.3, 0.4) is 0 Å². The van der Waals surface area contributed by atoms with Gasteiger partial charge in [-0.3, -0.25) is 14.6 Å². The van der Waals surface area contributed by atoms with Crippen LogP contribution < -0.4 is 0 Å². The van der Waals surface area contributed by atoms with Crippen molar-refractivity contribution in [3.05, 3.63) is 0 Å². The van der Waals surface area contributed by atoms with Gasteiger partial charge >= 0.3 is 5.97 Å². The van der Waals surface area contributed by atoms with E-state index in [2.05, 4.69) is 14.5 Å². The monoisotopic (exact) mass is 272 g/mol. The molecule has 0 bridgehead atoms. The number of esters is 1. The lowest BCUT2D eigenvalue weighted by molar-refractivity contribution is -0.145. The molecule has 6 heteroatoms. The van der Waals surface area contributed by atoms with E-state index in [0.717, 1.165) is 52.5 Å². The number of carbonyl (C=O) groups excluding carboxylic acids is 1. The summed E-state index contributed by atoms with van der Waals surface area (Å²) in [5.41, 5.74) is 0. The average Bonchev–Trinajstić information content (AvgIpc) is 2.46. The average molecular weight is 272 g/mol. The molecule has 0 N–H and O–H groups in total. The zero-order valence-electron chi connectivity index (χ0n) is 11.7. The summed E-state index contributed by atoms with van der Waals surface area (Å²) in [5, 5.41) is 0. The molecule has 0 saturated carbocycles. The van der Waals surface area contributed by atoms with E-state index in [-0.39, 0.29) is 12.1 Å². The first-order valence-electron chi connectivity index (χ1n) is 6.99.